The Kier molecular flexibility index (Phi) is 5.64. The van der Waals surface area contributed by atoms with Crippen LogP contribution in [0.1, 0.15) is 18.9 Å². The summed E-state index contributed by atoms with van der Waals surface area (Å²) in [5.41, 5.74) is 1.43. The lowest BCUT2D eigenvalue weighted by molar-refractivity contribution is -0.671. The van der Waals surface area contributed by atoms with Crippen molar-refractivity contribution in [2.24, 2.45) is 7.05 Å². The minimum Gasteiger partial charge on any atom is -0.512 e. The van der Waals surface area contributed by atoms with Crippen molar-refractivity contribution in [1.82, 2.24) is 0 Å². The first kappa shape index (κ1) is 10.6. The molecule has 0 N–H and O–H groups in total. The van der Waals surface area contributed by atoms with Crippen LogP contribution >= 0.6 is 0 Å². The Morgan fingerprint density at radius 2 is 1.83 bits per heavy atom. The highest BCUT2D eigenvalue weighted by atomic mass is 14.9. The van der Waals surface area contributed by atoms with E-state index < -0.39 is 0 Å². The second-order valence-corrected chi connectivity index (χ2v) is 2.62. The molecule has 0 atom stereocenters. The van der Waals surface area contributed by atoms with E-state index in [0.29, 0.717) is 0 Å². The van der Waals surface area contributed by atoms with Crippen LogP contribution in [0.25, 0.3) is 0 Å². The summed E-state index contributed by atoms with van der Waals surface area (Å²) in [6, 6.07) is 4.34. The predicted octanol–water partition coefficient (Wildman–Crippen LogP) is 1.56. The van der Waals surface area contributed by atoms with Gasteiger partial charge in [-0.25, -0.2) is 4.57 Å². The minimum atomic E-state index is 1.20. The summed E-state index contributed by atoms with van der Waals surface area (Å²) in [7, 11) is 2.04. The lowest BCUT2D eigenvalue weighted by Crippen LogP contribution is -2.25. The second kappa shape index (κ2) is 6.36. The SMILES string of the molecule is CCCc1cc[n+](C)cc1.[C-]#N. The van der Waals surface area contributed by atoms with E-state index in [1.807, 2.05) is 7.05 Å². The van der Waals surface area contributed by atoms with Crippen LogP contribution in [0.15, 0.2) is 24.5 Å². The largest absolute Gasteiger partial charge is 0.512 e. The van der Waals surface area contributed by atoms with E-state index in [1.165, 1.54) is 18.4 Å². The Bertz CT molecular complexity index is 223. The molecule has 0 aliphatic heterocycles. The zero-order chi connectivity index (χ0) is 9.40. The molecule has 0 radical (unpaired) electrons. The summed E-state index contributed by atoms with van der Waals surface area (Å²) in [5, 5.41) is 6.25. The van der Waals surface area contributed by atoms with Crippen molar-refractivity contribution in [3.8, 4) is 0 Å². The van der Waals surface area contributed by atoms with Crippen molar-refractivity contribution in [2.45, 2.75) is 19.8 Å². The van der Waals surface area contributed by atoms with Gasteiger partial charge in [-0.1, -0.05) is 13.3 Å². The van der Waals surface area contributed by atoms with Crippen LogP contribution in [0.2, 0.25) is 0 Å². The highest BCUT2D eigenvalue weighted by Gasteiger charge is 1.92. The van der Waals surface area contributed by atoms with E-state index in [2.05, 4.69) is 36.0 Å². The van der Waals surface area contributed by atoms with Crippen molar-refractivity contribution in [1.29, 1.82) is 5.26 Å². The fourth-order valence-corrected chi connectivity index (χ4v) is 0.987. The van der Waals surface area contributed by atoms with Gasteiger partial charge in [0, 0.05) is 12.1 Å². The second-order valence-electron chi connectivity index (χ2n) is 2.62. The van der Waals surface area contributed by atoms with Crippen LogP contribution in [0.4, 0.5) is 0 Å². The van der Waals surface area contributed by atoms with E-state index in [4.69, 9.17) is 11.8 Å². The summed E-state index contributed by atoms with van der Waals surface area (Å²) >= 11 is 0. The molecule has 1 aromatic rings. The number of rotatable bonds is 2. The van der Waals surface area contributed by atoms with Gasteiger partial charge in [0.25, 0.3) is 0 Å². The minimum absolute atomic E-state index is 1.20. The number of hydrogen-bond donors (Lipinski definition) is 0. The average Bonchev–Trinajstić information content (AvgIpc) is 2.13. The highest BCUT2D eigenvalue weighted by molar-refractivity contribution is 5.06. The predicted molar refractivity (Wildman–Crippen MR) is 46.6 cm³/mol. The molecular weight excluding hydrogens is 148 g/mol. The first-order valence-electron chi connectivity index (χ1n) is 3.99. The monoisotopic (exact) mass is 162 g/mol. The summed E-state index contributed by atoms with van der Waals surface area (Å²) in [6.45, 7) is 6.95. The molecule has 0 fully saturated rings. The first-order valence-corrected chi connectivity index (χ1v) is 3.99. The molecule has 0 amide bonds. The first-order chi connectivity index (χ1) is 5.83. The molecule has 0 bridgehead atoms. The van der Waals surface area contributed by atoms with Crippen molar-refractivity contribution in [3.63, 3.8) is 0 Å². The Balaban J connectivity index is 0.000000561. The Labute approximate surface area is 74.1 Å². The number of pyridine rings is 1. The van der Waals surface area contributed by atoms with E-state index in [1.54, 1.807) is 0 Å². The van der Waals surface area contributed by atoms with Crippen molar-refractivity contribution < 1.29 is 4.57 Å². The van der Waals surface area contributed by atoms with Gasteiger partial charge in [0.15, 0.2) is 12.4 Å². The fraction of sp³-hybridized carbons (Fsp3) is 0.400. The van der Waals surface area contributed by atoms with Gasteiger partial charge >= 0.3 is 0 Å². The molecule has 0 unspecified atom stereocenters. The van der Waals surface area contributed by atoms with E-state index in [-0.39, 0.29) is 0 Å². The van der Waals surface area contributed by atoms with Crippen molar-refractivity contribution in [3.05, 3.63) is 36.7 Å². The molecule has 64 valence electrons. The fourth-order valence-electron chi connectivity index (χ4n) is 0.987. The van der Waals surface area contributed by atoms with Crippen LogP contribution in [0.5, 0.6) is 0 Å². The summed E-state index contributed by atoms with van der Waals surface area (Å²) in [4.78, 5) is 0. The maximum atomic E-state index is 6.25. The zero-order valence-corrected chi connectivity index (χ0v) is 7.62. The van der Waals surface area contributed by atoms with E-state index in [0.717, 1.165) is 0 Å². The lowest BCUT2D eigenvalue weighted by atomic mass is 10.2. The van der Waals surface area contributed by atoms with Crippen molar-refractivity contribution in [2.75, 3.05) is 0 Å². The van der Waals surface area contributed by atoms with Crippen LogP contribution < -0.4 is 4.57 Å². The maximum Gasteiger partial charge on any atom is 0.168 e. The van der Waals surface area contributed by atoms with Gasteiger partial charge in [0.05, 0.1) is 0 Å². The van der Waals surface area contributed by atoms with Gasteiger partial charge in [-0.2, -0.15) is 0 Å². The normalized spacial score (nSPS) is 8.33. The molecule has 1 aromatic heterocycles. The summed E-state index contributed by atoms with van der Waals surface area (Å²) < 4.78 is 2.05. The van der Waals surface area contributed by atoms with Gasteiger partial charge < -0.3 is 11.8 Å². The molecule has 0 spiro atoms. The van der Waals surface area contributed by atoms with Gasteiger partial charge in [-0.15, -0.1) is 0 Å². The molecule has 0 saturated heterocycles. The molecule has 0 aromatic carbocycles. The topological polar surface area (TPSA) is 27.7 Å². The van der Waals surface area contributed by atoms with Crippen molar-refractivity contribution >= 4 is 0 Å². The Morgan fingerprint density at radius 1 is 1.33 bits per heavy atom. The van der Waals surface area contributed by atoms with Crippen LogP contribution in [-0.4, -0.2) is 0 Å². The smallest absolute Gasteiger partial charge is 0.168 e. The Morgan fingerprint density at radius 3 is 2.25 bits per heavy atom. The molecule has 2 nitrogen and oxygen atoms in total. The van der Waals surface area contributed by atoms with Gasteiger partial charge in [0.1, 0.15) is 7.05 Å². The van der Waals surface area contributed by atoms with Crippen LogP contribution in [0.3, 0.4) is 0 Å². The molecule has 1 heterocycles. The molecule has 2 heteroatoms. The van der Waals surface area contributed by atoms with Gasteiger partial charge in [-0.3, -0.25) is 0 Å². The summed E-state index contributed by atoms with van der Waals surface area (Å²) in [6.07, 6.45) is 6.60. The molecule has 12 heavy (non-hydrogen) atoms. The quantitative estimate of drug-likeness (QED) is 0.479. The third-order valence-electron chi connectivity index (χ3n) is 1.59. The number of aryl methyl sites for hydroxylation is 2. The molecule has 0 saturated carbocycles. The lowest BCUT2D eigenvalue weighted by Gasteiger charge is -1.93. The molecule has 1 rings (SSSR count). The third-order valence-corrected chi connectivity index (χ3v) is 1.59. The zero-order valence-electron chi connectivity index (χ0n) is 7.62. The van der Waals surface area contributed by atoms with Crippen LogP contribution in [0, 0.1) is 11.8 Å². The van der Waals surface area contributed by atoms with E-state index in [9.17, 15) is 0 Å². The van der Waals surface area contributed by atoms with E-state index >= 15 is 0 Å². The van der Waals surface area contributed by atoms with Gasteiger partial charge in [-0.05, 0) is 12.0 Å². The number of nitrogens with zero attached hydrogens (tertiary/aromatic N) is 2. The molecule has 0 aliphatic rings. The highest BCUT2D eigenvalue weighted by Crippen LogP contribution is 1.97. The molecular formula is C10H14N2. The van der Waals surface area contributed by atoms with Gasteiger partial charge in [0.2, 0.25) is 0 Å². The maximum absolute atomic E-state index is 6.25. The van der Waals surface area contributed by atoms with Crippen LogP contribution in [-0.2, 0) is 13.5 Å². The number of hydrogen-bond acceptors (Lipinski definition) is 1. The Hall–Kier alpha value is -1.36. The standard InChI is InChI=1S/C9H14N.CN/c1-3-4-9-5-7-10(2)8-6-9;1-2/h5-8H,3-4H2,1-2H3;/q+1;-1. The third kappa shape index (κ3) is 3.72. The molecule has 0 aliphatic carbocycles. The summed E-state index contributed by atoms with van der Waals surface area (Å²) in [5.74, 6) is 0. The average molecular weight is 162 g/mol. The number of aromatic nitrogens is 1.